The van der Waals surface area contributed by atoms with Gasteiger partial charge in [0.05, 0.1) is 23.4 Å². The van der Waals surface area contributed by atoms with Crippen LogP contribution in [0.4, 0.5) is 10.1 Å². The zero-order chi connectivity index (χ0) is 15.6. The number of amides is 1. The van der Waals surface area contributed by atoms with E-state index in [0.29, 0.717) is 16.5 Å². The third-order valence-corrected chi connectivity index (χ3v) is 3.62. The number of benzene rings is 2. The highest BCUT2D eigenvalue weighted by Gasteiger charge is 2.14. The molecule has 2 aromatic rings. The molecule has 0 unspecified atom stereocenters. The van der Waals surface area contributed by atoms with Crippen molar-refractivity contribution >= 4 is 34.8 Å². The Bertz CT molecular complexity index is 704. The lowest BCUT2D eigenvalue weighted by Crippen LogP contribution is -2.13. The Morgan fingerprint density at radius 2 is 1.90 bits per heavy atom. The van der Waals surface area contributed by atoms with E-state index in [9.17, 15) is 9.18 Å². The van der Waals surface area contributed by atoms with Gasteiger partial charge in [0.15, 0.2) is 0 Å². The van der Waals surface area contributed by atoms with E-state index in [4.69, 9.17) is 27.9 Å². The highest BCUT2D eigenvalue weighted by Crippen LogP contribution is 2.31. The molecule has 3 nitrogen and oxygen atoms in total. The van der Waals surface area contributed by atoms with Crippen LogP contribution in [0, 0.1) is 12.7 Å². The lowest BCUT2D eigenvalue weighted by atomic mass is 10.1. The van der Waals surface area contributed by atoms with E-state index in [1.54, 1.807) is 12.1 Å². The fourth-order valence-corrected chi connectivity index (χ4v) is 2.20. The largest absolute Gasteiger partial charge is 0.495 e. The monoisotopic (exact) mass is 327 g/mol. The molecule has 6 heteroatoms. The fraction of sp³-hybridized carbons (Fsp3) is 0.133. The summed E-state index contributed by atoms with van der Waals surface area (Å²) >= 11 is 11.9. The highest BCUT2D eigenvalue weighted by atomic mass is 35.5. The minimum absolute atomic E-state index is 0.0390. The average Bonchev–Trinajstić information content (AvgIpc) is 2.42. The first-order chi connectivity index (χ1) is 9.92. The molecule has 0 saturated carbocycles. The van der Waals surface area contributed by atoms with Crippen LogP contribution in [0.15, 0.2) is 30.3 Å². The van der Waals surface area contributed by atoms with Crippen LogP contribution in [0.3, 0.4) is 0 Å². The van der Waals surface area contributed by atoms with Crippen molar-refractivity contribution in [1.82, 2.24) is 0 Å². The molecule has 110 valence electrons. The number of methoxy groups -OCH3 is 1. The molecule has 0 aliphatic carbocycles. The second kappa shape index (κ2) is 6.33. The maximum Gasteiger partial charge on any atom is 0.257 e. The van der Waals surface area contributed by atoms with Crippen molar-refractivity contribution in [3.05, 3.63) is 57.3 Å². The van der Waals surface area contributed by atoms with Gasteiger partial charge >= 0.3 is 0 Å². The number of nitrogens with one attached hydrogen (secondary N) is 1. The number of anilines is 1. The molecular weight excluding hydrogens is 316 g/mol. The van der Waals surface area contributed by atoms with Crippen molar-refractivity contribution in [1.29, 1.82) is 0 Å². The number of ether oxygens (including phenoxy) is 1. The summed E-state index contributed by atoms with van der Waals surface area (Å²) in [5, 5.41) is 3.25. The molecule has 0 aromatic heterocycles. The Morgan fingerprint density at radius 1 is 1.19 bits per heavy atom. The number of halogens is 3. The van der Waals surface area contributed by atoms with Crippen LogP contribution in [0.1, 0.15) is 15.9 Å². The van der Waals surface area contributed by atoms with Gasteiger partial charge in [-0.25, -0.2) is 4.39 Å². The van der Waals surface area contributed by atoms with Crippen molar-refractivity contribution in [2.24, 2.45) is 0 Å². The van der Waals surface area contributed by atoms with Gasteiger partial charge in [0.2, 0.25) is 0 Å². The summed E-state index contributed by atoms with van der Waals surface area (Å²) in [6, 6.07) is 6.88. The molecule has 0 aliphatic heterocycles. The fourth-order valence-electron chi connectivity index (χ4n) is 1.79. The highest BCUT2D eigenvalue weighted by molar-refractivity contribution is 6.34. The molecule has 1 amide bonds. The Hall–Kier alpha value is -1.78. The first kappa shape index (κ1) is 15.6. The summed E-state index contributed by atoms with van der Waals surface area (Å²) in [5.41, 5.74) is 1.43. The van der Waals surface area contributed by atoms with Crippen LogP contribution in [0.2, 0.25) is 10.0 Å². The molecule has 0 aliphatic rings. The third-order valence-electron chi connectivity index (χ3n) is 2.90. The lowest BCUT2D eigenvalue weighted by Gasteiger charge is -2.12. The van der Waals surface area contributed by atoms with Gasteiger partial charge in [-0.1, -0.05) is 23.2 Å². The van der Waals surface area contributed by atoms with E-state index >= 15 is 0 Å². The van der Waals surface area contributed by atoms with Crippen molar-refractivity contribution in [3.63, 3.8) is 0 Å². The molecule has 2 aromatic carbocycles. The van der Waals surface area contributed by atoms with Crippen molar-refractivity contribution in [3.8, 4) is 5.75 Å². The summed E-state index contributed by atoms with van der Waals surface area (Å²) in [7, 11) is 1.47. The first-order valence-electron chi connectivity index (χ1n) is 6.03. The molecule has 0 radical (unpaired) electrons. The quantitative estimate of drug-likeness (QED) is 0.887. The molecule has 0 atom stereocenters. The predicted octanol–water partition coefficient (Wildman–Crippen LogP) is 4.70. The predicted molar refractivity (Wildman–Crippen MR) is 82.1 cm³/mol. The van der Waals surface area contributed by atoms with E-state index in [0.717, 1.165) is 11.6 Å². The van der Waals surface area contributed by atoms with Gasteiger partial charge in [-0.15, -0.1) is 0 Å². The smallest absolute Gasteiger partial charge is 0.257 e. The van der Waals surface area contributed by atoms with Crippen LogP contribution in [0.5, 0.6) is 5.75 Å². The molecule has 0 bridgehead atoms. The maximum atomic E-state index is 13.0. The number of carbonyl (C=O) groups is 1. The van der Waals surface area contributed by atoms with E-state index in [-0.39, 0.29) is 10.6 Å². The topological polar surface area (TPSA) is 38.3 Å². The van der Waals surface area contributed by atoms with Gasteiger partial charge in [0.1, 0.15) is 11.6 Å². The number of rotatable bonds is 3. The Balaban J connectivity index is 2.33. The normalized spacial score (nSPS) is 10.3. The molecule has 1 N–H and O–H groups in total. The minimum atomic E-state index is -0.503. The number of carbonyl (C=O) groups excluding carboxylic acids is 1. The second-order valence-corrected chi connectivity index (χ2v) is 5.19. The van der Waals surface area contributed by atoms with Crippen LogP contribution in [0.25, 0.3) is 0 Å². The molecule has 21 heavy (non-hydrogen) atoms. The van der Waals surface area contributed by atoms with E-state index in [1.807, 2.05) is 6.92 Å². The van der Waals surface area contributed by atoms with E-state index < -0.39 is 11.7 Å². The molecular formula is C15H12Cl2FNO2. The number of aryl methyl sites for hydroxylation is 1. The minimum Gasteiger partial charge on any atom is -0.495 e. The average molecular weight is 328 g/mol. The summed E-state index contributed by atoms with van der Waals surface area (Å²) < 4.78 is 18.2. The third kappa shape index (κ3) is 3.46. The van der Waals surface area contributed by atoms with Gasteiger partial charge in [-0.05, 0) is 36.8 Å². The summed E-state index contributed by atoms with van der Waals surface area (Å²) in [6.07, 6.45) is 0. The van der Waals surface area contributed by atoms with E-state index in [1.165, 1.54) is 19.2 Å². The van der Waals surface area contributed by atoms with Crippen LogP contribution >= 0.6 is 23.2 Å². The summed E-state index contributed by atoms with van der Waals surface area (Å²) in [5.74, 6) is -0.534. The molecule has 0 fully saturated rings. The second-order valence-electron chi connectivity index (χ2n) is 4.38. The molecule has 0 heterocycles. The van der Waals surface area contributed by atoms with Gasteiger partial charge < -0.3 is 10.1 Å². The van der Waals surface area contributed by atoms with Crippen molar-refractivity contribution < 1.29 is 13.9 Å². The number of hydrogen-bond donors (Lipinski definition) is 1. The standard InChI is InChI=1S/C15H12Cl2FNO2/c1-8-5-13(14(21-2)7-11(8)16)19-15(20)10-4-3-9(18)6-12(10)17/h3-7H,1-2H3,(H,19,20). The Morgan fingerprint density at radius 3 is 2.52 bits per heavy atom. The van der Waals surface area contributed by atoms with Crippen LogP contribution in [-0.2, 0) is 0 Å². The molecule has 2 rings (SSSR count). The zero-order valence-electron chi connectivity index (χ0n) is 11.3. The van der Waals surface area contributed by atoms with E-state index in [2.05, 4.69) is 5.32 Å². The van der Waals surface area contributed by atoms with Gasteiger partial charge in [0, 0.05) is 11.1 Å². The van der Waals surface area contributed by atoms with Gasteiger partial charge in [-0.2, -0.15) is 0 Å². The van der Waals surface area contributed by atoms with Crippen molar-refractivity contribution in [2.45, 2.75) is 6.92 Å². The zero-order valence-corrected chi connectivity index (χ0v) is 12.8. The Labute approximate surface area is 131 Å². The first-order valence-corrected chi connectivity index (χ1v) is 6.78. The SMILES string of the molecule is COc1cc(Cl)c(C)cc1NC(=O)c1ccc(F)cc1Cl. The Kier molecular flexibility index (Phi) is 4.70. The molecule has 0 spiro atoms. The van der Waals surface area contributed by atoms with Crippen LogP contribution < -0.4 is 10.1 Å². The van der Waals surface area contributed by atoms with Crippen LogP contribution in [-0.4, -0.2) is 13.0 Å². The number of hydrogen-bond acceptors (Lipinski definition) is 2. The van der Waals surface area contributed by atoms with Crippen molar-refractivity contribution in [2.75, 3.05) is 12.4 Å². The lowest BCUT2D eigenvalue weighted by molar-refractivity contribution is 0.102. The van der Waals surface area contributed by atoms with Gasteiger partial charge in [-0.3, -0.25) is 4.79 Å². The van der Waals surface area contributed by atoms with Gasteiger partial charge in [0.25, 0.3) is 5.91 Å². The maximum absolute atomic E-state index is 13.0. The summed E-state index contributed by atoms with van der Waals surface area (Å²) in [4.78, 5) is 12.2. The summed E-state index contributed by atoms with van der Waals surface area (Å²) in [6.45, 7) is 1.81. The molecule has 0 saturated heterocycles.